The molecule has 0 aliphatic carbocycles. The molecule has 0 saturated carbocycles. The highest BCUT2D eigenvalue weighted by Gasteiger charge is 2.33. The summed E-state index contributed by atoms with van der Waals surface area (Å²) < 4.78 is 37.9. The Hall–Kier alpha value is -1.07. The molecule has 0 unspecified atom stereocenters. The van der Waals surface area contributed by atoms with Gasteiger partial charge >= 0.3 is 6.18 Å². The van der Waals surface area contributed by atoms with Crippen LogP contribution in [0.1, 0.15) is 10.6 Å². The predicted molar refractivity (Wildman–Crippen MR) is 62.3 cm³/mol. The number of nitrogens with zero attached hydrogens (tertiary/aromatic N) is 1. The largest absolute Gasteiger partial charge is 0.417 e. The molecular formula is C11H7ClF3NS. The molecule has 0 aliphatic rings. The summed E-state index contributed by atoms with van der Waals surface area (Å²) in [5.74, 6) is 0. The summed E-state index contributed by atoms with van der Waals surface area (Å²) in [5.41, 5.74) is 0.128. The lowest BCUT2D eigenvalue weighted by atomic mass is 10.1. The quantitative estimate of drug-likeness (QED) is 0.730. The number of aromatic nitrogens is 1. The van der Waals surface area contributed by atoms with Gasteiger partial charge in [-0.15, -0.1) is 11.3 Å². The van der Waals surface area contributed by atoms with Crippen molar-refractivity contribution in [3.8, 4) is 11.3 Å². The van der Waals surface area contributed by atoms with Crippen molar-refractivity contribution in [2.45, 2.75) is 13.1 Å². The molecule has 0 N–H and O–H groups in total. The first-order valence-corrected chi connectivity index (χ1v) is 5.93. The summed E-state index contributed by atoms with van der Waals surface area (Å²) >= 11 is 6.93. The summed E-state index contributed by atoms with van der Waals surface area (Å²) in [7, 11) is 0. The number of thiazole rings is 1. The van der Waals surface area contributed by atoms with Gasteiger partial charge in [0.15, 0.2) is 0 Å². The molecule has 6 heteroatoms. The molecule has 2 aromatic rings. The fourth-order valence-electron chi connectivity index (χ4n) is 1.40. The van der Waals surface area contributed by atoms with Gasteiger partial charge in [0.2, 0.25) is 0 Å². The fourth-order valence-corrected chi connectivity index (χ4v) is 2.24. The highest BCUT2D eigenvalue weighted by atomic mass is 35.5. The van der Waals surface area contributed by atoms with E-state index >= 15 is 0 Å². The van der Waals surface area contributed by atoms with Crippen molar-refractivity contribution in [1.29, 1.82) is 0 Å². The van der Waals surface area contributed by atoms with Crippen LogP contribution < -0.4 is 0 Å². The van der Waals surface area contributed by atoms with Gasteiger partial charge in [0.1, 0.15) is 0 Å². The van der Waals surface area contributed by atoms with Crippen LogP contribution in [0.2, 0.25) is 5.02 Å². The van der Waals surface area contributed by atoms with Crippen molar-refractivity contribution in [3.63, 3.8) is 0 Å². The Balaban J connectivity index is 2.51. The summed E-state index contributed by atoms with van der Waals surface area (Å²) in [6.45, 7) is 1.80. The third-order valence-corrected chi connectivity index (χ3v) is 3.29. The number of aryl methyl sites for hydroxylation is 1. The monoisotopic (exact) mass is 277 g/mol. The van der Waals surface area contributed by atoms with Crippen LogP contribution in [0.3, 0.4) is 0 Å². The highest BCUT2D eigenvalue weighted by Crippen LogP contribution is 2.37. The molecule has 2 rings (SSSR count). The summed E-state index contributed by atoms with van der Waals surface area (Å²) in [6.07, 6.45) is -4.45. The van der Waals surface area contributed by atoms with Crippen molar-refractivity contribution in [1.82, 2.24) is 4.98 Å². The third kappa shape index (κ3) is 2.61. The third-order valence-electron chi connectivity index (χ3n) is 2.19. The zero-order valence-corrected chi connectivity index (χ0v) is 10.2. The minimum atomic E-state index is -4.45. The van der Waals surface area contributed by atoms with Gasteiger partial charge in [-0.05, 0) is 19.1 Å². The second kappa shape index (κ2) is 4.31. The molecule has 90 valence electrons. The molecule has 0 atom stereocenters. The van der Waals surface area contributed by atoms with E-state index < -0.39 is 11.7 Å². The Morgan fingerprint density at radius 2 is 2.00 bits per heavy atom. The van der Waals surface area contributed by atoms with Crippen LogP contribution in [0.25, 0.3) is 11.3 Å². The lowest BCUT2D eigenvalue weighted by Crippen LogP contribution is -2.05. The Morgan fingerprint density at radius 3 is 2.53 bits per heavy atom. The Bertz CT molecular complexity index is 548. The first kappa shape index (κ1) is 12.4. The molecule has 17 heavy (non-hydrogen) atoms. The van der Waals surface area contributed by atoms with E-state index in [1.54, 1.807) is 12.3 Å². The minimum Gasteiger partial charge on any atom is -0.242 e. The second-order valence-corrected chi connectivity index (χ2v) is 4.91. The fraction of sp³-hybridized carbons (Fsp3) is 0.182. The first-order chi connectivity index (χ1) is 7.88. The molecule has 0 bridgehead atoms. The average Bonchev–Trinajstić information content (AvgIpc) is 2.64. The van der Waals surface area contributed by atoms with E-state index in [9.17, 15) is 13.2 Å². The molecule has 1 aromatic carbocycles. The van der Waals surface area contributed by atoms with Crippen molar-refractivity contribution in [2.24, 2.45) is 0 Å². The summed E-state index contributed by atoms with van der Waals surface area (Å²) in [5, 5.41) is 2.23. The second-order valence-electron chi connectivity index (χ2n) is 3.44. The van der Waals surface area contributed by atoms with Crippen molar-refractivity contribution in [3.05, 3.63) is 39.2 Å². The molecule has 0 saturated heterocycles. The zero-order chi connectivity index (χ0) is 12.6. The normalized spacial score (nSPS) is 11.8. The zero-order valence-electron chi connectivity index (χ0n) is 8.68. The van der Waals surface area contributed by atoms with Gasteiger partial charge in [0.05, 0.1) is 21.3 Å². The Morgan fingerprint density at radius 1 is 1.29 bits per heavy atom. The lowest BCUT2D eigenvalue weighted by molar-refractivity contribution is -0.137. The Labute approximate surface area is 105 Å². The van der Waals surface area contributed by atoms with Crippen LogP contribution in [0.15, 0.2) is 23.6 Å². The van der Waals surface area contributed by atoms with Crippen LogP contribution in [-0.2, 0) is 6.18 Å². The summed E-state index contributed by atoms with van der Waals surface area (Å²) in [4.78, 5) is 4.14. The van der Waals surface area contributed by atoms with E-state index in [0.717, 1.165) is 11.1 Å². The van der Waals surface area contributed by atoms with Gasteiger partial charge in [0.25, 0.3) is 0 Å². The average molecular weight is 278 g/mol. The molecular weight excluding hydrogens is 271 g/mol. The van der Waals surface area contributed by atoms with E-state index in [1.165, 1.54) is 23.5 Å². The van der Waals surface area contributed by atoms with Gasteiger partial charge in [0, 0.05) is 10.9 Å². The SMILES string of the molecule is Cc1nc(-c2ccc(Cl)c(C(F)(F)F)c2)cs1. The molecule has 0 aliphatic heterocycles. The first-order valence-electron chi connectivity index (χ1n) is 4.67. The highest BCUT2D eigenvalue weighted by molar-refractivity contribution is 7.09. The smallest absolute Gasteiger partial charge is 0.242 e. The topological polar surface area (TPSA) is 12.9 Å². The summed E-state index contributed by atoms with van der Waals surface area (Å²) in [6, 6.07) is 3.80. The minimum absolute atomic E-state index is 0.298. The van der Waals surface area contributed by atoms with Crippen molar-refractivity contribution >= 4 is 22.9 Å². The number of rotatable bonds is 1. The van der Waals surface area contributed by atoms with Crippen LogP contribution in [-0.4, -0.2) is 4.98 Å². The Kier molecular flexibility index (Phi) is 3.14. The van der Waals surface area contributed by atoms with Crippen LogP contribution in [0.5, 0.6) is 0 Å². The standard InChI is InChI=1S/C11H7ClF3NS/c1-6-16-10(5-17-6)7-2-3-9(12)8(4-7)11(13,14)15/h2-5H,1H3. The van der Waals surface area contributed by atoms with E-state index in [-0.39, 0.29) is 5.02 Å². The van der Waals surface area contributed by atoms with Gasteiger partial charge in [-0.1, -0.05) is 17.7 Å². The predicted octanol–water partition coefficient (Wildman–Crippen LogP) is 4.79. The number of halogens is 4. The maximum Gasteiger partial charge on any atom is 0.417 e. The maximum absolute atomic E-state index is 12.6. The van der Waals surface area contributed by atoms with Crippen LogP contribution >= 0.6 is 22.9 Å². The van der Waals surface area contributed by atoms with Crippen LogP contribution in [0, 0.1) is 6.92 Å². The molecule has 1 aromatic heterocycles. The lowest BCUT2D eigenvalue weighted by Gasteiger charge is -2.09. The van der Waals surface area contributed by atoms with Crippen molar-refractivity contribution in [2.75, 3.05) is 0 Å². The van der Waals surface area contributed by atoms with E-state index in [2.05, 4.69) is 4.98 Å². The number of alkyl halides is 3. The number of benzene rings is 1. The number of hydrogen-bond donors (Lipinski definition) is 0. The molecule has 1 heterocycles. The van der Waals surface area contributed by atoms with Gasteiger partial charge in [-0.25, -0.2) is 4.98 Å². The van der Waals surface area contributed by atoms with Crippen LogP contribution in [0.4, 0.5) is 13.2 Å². The number of hydrogen-bond acceptors (Lipinski definition) is 2. The van der Waals surface area contributed by atoms with Gasteiger partial charge in [-0.3, -0.25) is 0 Å². The molecule has 0 radical (unpaired) electrons. The molecule has 0 fully saturated rings. The van der Waals surface area contributed by atoms with E-state index in [4.69, 9.17) is 11.6 Å². The van der Waals surface area contributed by atoms with E-state index in [0.29, 0.717) is 11.3 Å². The molecule has 1 nitrogen and oxygen atoms in total. The van der Waals surface area contributed by atoms with E-state index in [1.807, 2.05) is 0 Å². The molecule has 0 spiro atoms. The molecule has 0 amide bonds. The van der Waals surface area contributed by atoms with Crippen molar-refractivity contribution < 1.29 is 13.2 Å². The van der Waals surface area contributed by atoms with Gasteiger partial charge < -0.3 is 0 Å². The maximum atomic E-state index is 12.6. The van der Waals surface area contributed by atoms with Gasteiger partial charge in [-0.2, -0.15) is 13.2 Å².